The summed E-state index contributed by atoms with van der Waals surface area (Å²) in [6, 6.07) is 13.2. The molecule has 4 aromatic rings. The monoisotopic (exact) mass is 544 g/mol. The number of rotatable bonds is 8. The standard InChI is InChI=1S/C24H21FN4O6S2/c1-27-12-16-10-23(21-4-2-3-5-22(21)25)29(15-16)37(33,34)20-11-18(13-28-14-20)35-24(30)17-6-8-19(9-7-17)36(26,31)32/h2-11,13-15,27H,12H2,1H3,(H2,26,31,32). The molecular formula is C24H21FN4O6S2. The second kappa shape index (κ2) is 10.2. The fraction of sp³-hybridized carbons (Fsp3) is 0.0833. The van der Waals surface area contributed by atoms with Gasteiger partial charge in [0.05, 0.1) is 22.3 Å². The Morgan fingerprint density at radius 3 is 2.38 bits per heavy atom. The fourth-order valence-electron chi connectivity index (χ4n) is 3.52. The highest BCUT2D eigenvalue weighted by molar-refractivity contribution is 7.90. The molecule has 0 amide bonds. The molecule has 2 aromatic heterocycles. The van der Waals surface area contributed by atoms with Gasteiger partial charge in [0.15, 0.2) is 5.75 Å². The van der Waals surface area contributed by atoms with Crippen LogP contribution >= 0.6 is 0 Å². The summed E-state index contributed by atoms with van der Waals surface area (Å²) < 4.78 is 70.7. The van der Waals surface area contributed by atoms with Crippen LogP contribution in [0.2, 0.25) is 0 Å². The second-order valence-corrected chi connectivity index (χ2v) is 11.2. The van der Waals surface area contributed by atoms with Gasteiger partial charge in [0, 0.05) is 30.6 Å². The Labute approximate surface area is 212 Å². The number of sulfonamides is 1. The van der Waals surface area contributed by atoms with Crippen LogP contribution in [0.4, 0.5) is 4.39 Å². The summed E-state index contributed by atoms with van der Waals surface area (Å²) in [4.78, 5) is 15.9. The molecule has 0 aliphatic rings. The average Bonchev–Trinajstić information content (AvgIpc) is 3.29. The van der Waals surface area contributed by atoms with Gasteiger partial charge < -0.3 is 10.1 Å². The van der Waals surface area contributed by atoms with E-state index in [1.54, 1.807) is 19.2 Å². The van der Waals surface area contributed by atoms with Crippen LogP contribution < -0.4 is 15.2 Å². The van der Waals surface area contributed by atoms with Crippen molar-refractivity contribution in [3.63, 3.8) is 0 Å². The summed E-state index contributed by atoms with van der Waals surface area (Å²) in [5.74, 6) is -1.64. The molecule has 0 radical (unpaired) electrons. The quantitative estimate of drug-likeness (QED) is 0.321. The Kier molecular flexibility index (Phi) is 7.23. The van der Waals surface area contributed by atoms with E-state index in [1.807, 2.05) is 0 Å². The van der Waals surface area contributed by atoms with Crippen LogP contribution in [0, 0.1) is 5.82 Å². The van der Waals surface area contributed by atoms with E-state index in [9.17, 15) is 26.0 Å². The van der Waals surface area contributed by atoms with Crippen LogP contribution in [0.15, 0.2) is 89.0 Å². The zero-order valence-electron chi connectivity index (χ0n) is 19.3. The fourth-order valence-corrected chi connectivity index (χ4v) is 5.40. The number of pyridine rings is 1. The topological polar surface area (TPSA) is 150 Å². The van der Waals surface area contributed by atoms with Crippen molar-refractivity contribution in [1.82, 2.24) is 14.3 Å². The number of nitrogens with one attached hydrogen (secondary N) is 1. The van der Waals surface area contributed by atoms with Crippen LogP contribution in [0.25, 0.3) is 11.3 Å². The molecule has 10 nitrogen and oxygen atoms in total. The minimum atomic E-state index is -4.29. The van der Waals surface area contributed by atoms with Crippen LogP contribution in [0.5, 0.6) is 5.75 Å². The smallest absolute Gasteiger partial charge is 0.343 e. The van der Waals surface area contributed by atoms with Crippen molar-refractivity contribution in [3.05, 3.63) is 96.2 Å². The number of ether oxygens (including phenoxy) is 1. The van der Waals surface area contributed by atoms with Gasteiger partial charge in [-0.05, 0) is 55.1 Å². The number of primary sulfonamides is 1. The Hall–Kier alpha value is -3.91. The van der Waals surface area contributed by atoms with E-state index >= 15 is 0 Å². The molecule has 192 valence electrons. The van der Waals surface area contributed by atoms with Crippen LogP contribution in [-0.2, 0) is 26.6 Å². The van der Waals surface area contributed by atoms with E-state index in [2.05, 4.69) is 10.3 Å². The molecule has 3 N–H and O–H groups in total. The number of esters is 1. The van der Waals surface area contributed by atoms with Gasteiger partial charge in [-0.25, -0.2) is 35.1 Å². The first-order valence-electron chi connectivity index (χ1n) is 10.7. The molecule has 0 bridgehead atoms. The van der Waals surface area contributed by atoms with E-state index in [0.29, 0.717) is 12.1 Å². The van der Waals surface area contributed by atoms with E-state index in [-0.39, 0.29) is 32.4 Å². The minimum Gasteiger partial charge on any atom is -0.421 e. The molecule has 0 unspecified atom stereocenters. The lowest BCUT2D eigenvalue weighted by Crippen LogP contribution is -2.15. The minimum absolute atomic E-state index is 0.00427. The molecule has 0 spiro atoms. The molecule has 0 fully saturated rings. The van der Waals surface area contributed by atoms with Crippen molar-refractivity contribution in [1.29, 1.82) is 0 Å². The highest BCUT2D eigenvalue weighted by Crippen LogP contribution is 2.30. The third kappa shape index (κ3) is 5.59. The summed E-state index contributed by atoms with van der Waals surface area (Å²) in [6.07, 6.45) is 3.60. The highest BCUT2D eigenvalue weighted by atomic mass is 32.2. The molecule has 4 rings (SSSR count). The van der Waals surface area contributed by atoms with Gasteiger partial charge in [0.1, 0.15) is 10.7 Å². The van der Waals surface area contributed by atoms with Gasteiger partial charge >= 0.3 is 5.97 Å². The zero-order valence-corrected chi connectivity index (χ0v) is 21.0. The second-order valence-electron chi connectivity index (χ2n) is 7.86. The molecule has 0 atom stereocenters. The summed E-state index contributed by atoms with van der Waals surface area (Å²) in [6.45, 7) is 0.337. The first kappa shape index (κ1) is 26.2. The Bertz CT molecular complexity index is 1680. The molecule has 0 saturated heterocycles. The summed E-state index contributed by atoms with van der Waals surface area (Å²) in [7, 11) is -6.54. The number of nitrogens with two attached hydrogens (primary N) is 1. The number of benzene rings is 2. The molecule has 0 saturated carbocycles. The third-order valence-electron chi connectivity index (χ3n) is 5.25. The Morgan fingerprint density at radius 1 is 1.03 bits per heavy atom. The van der Waals surface area contributed by atoms with E-state index in [4.69, 9.17) is 9.88 Å². The first-order chi connectivity index (χ1) is 17.5. The number of carbonyl (C=O) groups is 1. The highest BCUT2D eigenvalue weighted by Gasteiger charge is 2.24. The van der Waals surface area contributed by atoms with Gasteiger partial charge in [-0.1, -0.05) is 12.1 Å². The van der Waals surface area contributed by atoms with Crippen molar-refractivity contribution in [3.8, 4) is 17.0 Å². The van der Waals surface area contributed by atoms with Crippen molar-refractivity contribution in [2.45, 2.75) is 16.3 Å². The van der Waals surface area contributed by atoms with Crippen LogP contribution in [0.3, 0.4) is 0 Å². The van der Waals surface area contributed by atoms with E-state index in [0.717, 1.165) is 34.6 Å². The van der Waals surface area contributed by atoms with Gasteiger partial charge in [-0.2, -0.15) is 0 Å². The molecular weight excluding hydrogens is 523 g/mol. The number of carbonyl (C=O) groups excluding carboxylic acids is 1. The normalized spacial score (nSPS) is 11.9. The van der Waals surface area contributed by atoms with Crippen LogP contribution in [0.1, 0.15) is 15.9 Å². The maximum atomic E-state index is 14.6. The molecule has 2 heterocycles. The average molecular weight is 545 g/mol. The van der Waals surface area contributed by atoms with Crippen molar-refractivity contribution in [2.75, 3.05) is 7.05 Å². The third-order valence-corrected chi connectivity index (χ3v) is 7.82. The number of aromatic nitrogens is 2. The SMILES string of the molecule is CNCc1cc(-c2ccccc2F)n(S(=O)(=O)c2cncc(OC(=O)c3ccc(S(N)(=O)=O)cc3)c2)c1. The number of hydrogen-bond acceptors (Lipinski definition) is 8. The predicted octanol–water partition coefficient (Wildman–Crippen LogP) is 2.51. The molecule has 0 aliphatic carbocycles. The van der Waals surface area contributed by atoms with E-state index in [1.165, 1.54) is 36.5 Å². The van der Waals surface area contributed by atoms with Crippen LogP contribution in [-0.4, -0.2) is 38.8 Å². The molecule has 0 aliphatic heterocycles. The molecule has 37 heavy (non-hydrogen) atoms. The number of hydrogen-bond donors (Lipinski definition) is 2. The molecule has 2 aromatic carbocycles. The van der Waals surface area contributed by atoms with Gasteiger partial charge in [0.25, 0.3) is 10.0 Å². The maximum absolute atomic E-state index is 14.6. The maximum Gasteiger partial charge on any atom is 0.343 e. The first-order valence-corrected chi connectivity index (χ1v) is 13.7. The Balaban J connectivity index is 1.68. The van der Waals surface area contributed by atoms with Crippen molar-refractivity contribution < 1.29 is 30.8 Å². The lowest BCUT2D eigenvalue weighted by atomic mass is 10.1. The largest absolute Gasteiger partial charge is 0.421 e. The summed E-state index contributed by atoms with van der Waals surface area (Å²) in [5, 5.41) is 7.98. The van der Waals surface area contributed by atoms with Crippen molar-refractivity contribution in [2.24, 2.45) is 5.14 Å². The van der Waals surface area contributed by atoms with Gasteiger partial charge in [0.2, 0.25) is 10.0 Å². The lowest BCUT2D eigenvalue weighted by molar-refractivity contribution is 0.0733. The summed E-state index contributed by atoms with van der Waals surface area (Å²) >= 11 is 0. The predicted molar refractivity (Wildman–Crippen MR) is 132 cm³/mol. The summed E-state index contributed by atoms with van der Waals surface area (Å²) in [5.41, 5.74) is 0.806. The number of nitrogens with zero attached hydrogens (tertiary/aromatic N) is 2. The lowest BCUT2D eigenvalue weighted by Gasteiger charge is -2.12. The van der Waals surface area contributed by atoms with Crippen molar-refractivity contribution >= 4 is 26.0 Å². The van der Waals surface area contributed by atoms with Gasteiger partial charge in [-0.15, -0.1) is 0 Å². The molecule has 13 heteroatoms. The number of halogens is 1. The van der Waals surface area contributed by atoms with E-state index < -0.39 is 31.8 Å². The zero-order chi connectivity index (χ0) is 26.8. The Morgan fingerprint density at radius 2 is 1.73 bits per heavy atom. The van der Waals surface area contributed by atoms with Gasteiger partial charge in [-0.3, -0.25) is 4.98 Å².